The molecule has 0 unspecified atom stereocenters. The molecule has 204 valence electrons. The Hall–Kier alpha value is -2.78. The van der Waals surface area contributed by atoms with Crippen LogP contribution < -0.4 is 5.32 Å². The lowest BCUT2D eigenvalue weighted by Gasteiger charge is -2.41. The first-order valence-corrected chi connectivity index (χ1v) is 14.2. The molecule has 2 amide bonds. The lowest BCUT2D eigenvalue weighted by molar-refractivity contribution is 0.103. The van der Waals surface area contributed by atoms with Gasteiger partial charge in [0.15, 0.2) is 5.82 Å². The summed E-state index contributed by atoms with van der Waals surface area (Å²) in [6, 6.07) is 15.9. The molecule has 1 saturated carbocycles. The lowest BCUT2D eigenvalue weighted by Crippen LogP contribution is -2.48. The van der Waals surface area contributed by atoms with Crippen molar-refractivity contribution in [3.05, 3.63) is 75.5 Å². The van der Waals surface area contributed by atoms with Gasteiger partial charge in [-0.25, -0.2) is 4.79 Å². The molecule has 3 N–H and O–H groups in total. The SMILES string of the molecule is C[C@@H](NC(=O)N(Cc1ccc([C@H](O)Cc2nn[nH]n2)cc1)C1CCC(C(C)(C)C)CC1)c1ccc(Br)cc1. The number of hydrogen-bond donors (Lipinski definition) is 3. The second kappa shape index (κ2) is 12.4. The summed E-state index contributed by atoms with van der Waals surface area (Å²) in [6.45, 7) is 9.49. The van der Waals surface area contributed by atoms with Gasteiger partial charge < -0.3 is 15.3 Å². The quantitative estimate of drug-likeness (QED) is 0.297. The normalized spacial score (nSPS) is 19.5. The van der Waals surface area contributed by atoms with E-state index in [-0.39, 0.29) is 30.0 Å². The Kier molecular flexibility index (Phi) is 9.20. The molecule has 1 aromatic heterocycles. The van der Waals surface area contributed by atoms with Gasteiger partial charge in [-0.1, -0.05) is 78.3 Å². The van der Waals surface area contributed by atoms with E-state index in [1.165, 1.54) is 0 Å². The molecule has 1 fully saturated rings. The van der Waals surface area contributed by atoms with E-state index in [0.717, 1.165) is 46.8 Å². The monoisotopic (exact) mass is 582 g/mol. The first-order chi connectivity index (χ1) is 18.1. The van der Waals surface area contributed by atoms with Crippen molar-refractivity contribution in [2.45, 2.75) is 84.5 Å². The highest BCUT2D eigenvalue weighted by Crippen LogP contribution is 2.39. The fraction of sp³-hybridized carbons (Fsp3) is 0.517. The molecular weight excluding hydrogens is 544 g/mol. The van der Waals surface area contributed by atoms with Crippen LogP contribution in [-0.4, -0.2) is 42.7 Å². The molecule has 1 aliphatic rings. The Morgan fingerprint density at radius 2 is 1.71 bits per heavy atom. The molecule has 0 radical (unpaired) electrons. The van der Waals surface area contributed by atoms with Crippen molar-refractivity contribution in [2.75, 3.05) is 0 Å². The number of carbonyl (C=O) groups excluding carboxylic acids is 1. The Morgan fingerprint density at radius 3 is 2.29 bits per heavy atom. The van der Waals surface area contributed by atoms with Crippen molar-refractivity contribution in [3.63, 3.8) is 0 Å². The first-order valence-electron chi connectivity index (χ1n) is 13.4. The van der Waals surface area contributed by atoms with E-state index in [9.17, 15) is 9.90 Å². The number of aromatic amines is 1. The molecule has 1 heterocycles. The Labute approximate surface area is 233 Å². The number of aliphatic hydroxyl groups is 1. The number of aromatic nitrogens is 4. The molecule has 2 aromatic carbocycles. The molecule has 9 heteroatoms. The zero-order chi connectivity index (χ0) is 27.3. The van der Waals surface area contributed by atoms with E-state index in [0.29, 0.717) is 18.3 Å². The Bertz CT molecular complexity index is 1150. The number of aliphatic hydroxyl groups excluding tert-OH is 1. The summed E-state index contributed by atoms with van der Waals surface area (Å²) in [7, 11) is 0. The zero-order valence-corrected chi connectivity index (χ0v) is 24.3. The second-order valence-corrected chi connectivity index (χ2v) is 12.4. The van der Waals surface area contributed by atoms with E-state index in [1.54, 1.807) is 0 Å². The van der Waals surface area contributed by atoms with Gasteiger partial charge in [-0.05, 0) is 72.8 Å². The van der Waals surface area contributed by atoms with Crippen LogP contribution in [0.3, 0.4) is 0 Å². The topological polar surface area (TPSA) is 107 Å². The highest BCUT2D eigenvalue weighted by molar-refractivity contribution is 9.10. The van der Waals surface area contributed by atoms with Gasteiger partial charge >= 0.3 is 6.03 Å². The van der Waals surface area contributed by atoms with Gasteiger partial charge in [0.25, 0.3) is 0 Å². The number of tetrazole rings is 1. The molecule has 0 spiro atoms. The average molecular weight is 584 g/mol. The molecule has 2 atom stereocenters. The van der Waals surface area contributed by atoms with Gasteiger partial charge in [-0.3, -0.25) is 0 Å². The first kappa shape index (κ1) is 28.2. The zero-order valence-electron chi connectivity index (χ0n) is 22.7. The van der Waals surface area contributed by atoms with E-state index >= 15 is 0 Å². The fourth-order valence-electron chi connectivity index (χ4n) is 5.32. The number of carbonyl (C=O) groups is 1. The summed E-state index contributed by atoms with van der Waals surface area (Å²) in [5.41, 5.74) is 3.17. The summed E-state index contributed by atoms with van der Waals surface area (Å²) < 4.78 is 1.02. The van der Waals surface area contributed by atoms with Crippen LogP contribution in [-0.2, 0) is 13.0 Å². The average Bonchev–Trinajstić information content (AvgIpc) is 3.40. The highest BCUT2D eigenvalue weighted by atomic mass is 79.9. The minimum absolute atomic E-state index is 0.0409. The molecule has 1 aliphatic carbocycles. The van der Waals surface area contributed by atoms with E-state index in [2.05, 4.69) is 62.6 Å². The molecule has 3 aromatic rings. The molecule has 8 nitrogen and oxygen atoms in total. The summed E-state index contributed by atoms with van der Waals surface area (Å²) in [5, 5.41) is 27.6. The number of benzene rings is 2. The smallest absolute Gasteiger partial charge is 0.318 e. The van der Waals surface area contributed by atoms with Crippen LogP contribution in [0, 0.1) is 11.3 Å². The van der Waals surface area contributed by atoms with E-state index in [1.807, 2.05) is 60.4 Å². The molecule has 0 aliphatic heterocycles. The molecule has 0 saturated heterocycles. The van der Waals surface area contributed by atoms with Gasteiger partial charge in [0.1, 0.15) is 0 Å². The van der Waals surface area contributed by atoms with Crippen molar-refractivity contribution >= 4 is 22.0 Å². The molecule has 0 bridgehead atoms. The Morgan fingerprint density at radius 1 is 1.08 bits per heavy atom. The number of urea groups is 1. The van der Waals surface area contributed by atoms with Crippen LogP contribution in [0.4, 0.5) is 4.79 Å². The van der Waals surface area contributed by atoms with Gasteiger partial charge in [-0.2, -0.15) is 5.21 Å². The molecule has 38 heavy (non-hydrogen) atoms. The minimum Gasteiger partial charge on any atom is -0.388 e. The number of halogens is 1. The maximum absolute atomic E-state index is 13.7. The number of nitrogens with zero attached hydrogens (tertiary/aromatic N) is 4. The van der Waals surface area contributed by atoms with Crippen LogP contribution in [0.5, 0.6) is 0 Å². The predicted molar refractivity (Wildman–Crippen MR) is 151 cm³/mol. The van der Waals surface area contributed by atoms with Gasteiger partial charge in [0, 0.05) is 23.5 Å². The van der Waals surface area contributed by atoms with Crippen LogP contribution >= 0.6 is 15.9 Å². The summed E-state index contributed by atoms with van der Waals surface area (Å²) in [6.07, 6.45) is 3.83. The largest absolute Gasteiger partial charge is 0.388 e. The number of amides is 2. The van der Waals surface area contributed by atoms with Crippen molar-refractivity contribution < 1.29 is 9.90 Å². The Balaban J connectivity index is 1.47. The number of nitrogens with one attached hydrogen (secondary N) is 2. The minimum atomic E-state index is -0.722. The summed E-state index contributed by atoms with van der Waals surface area (Å²) >= 11 is 3.48. The van der Waals surface area contributed by atoms with Crippen molar-refractivity contribution in [1.29, 1.82) is 0 Å². The van der Waals surface area contributed by atoms with E-state index in [4.69, 9.17) is 0 Å². The van der Waals surface area contributed by atoms with Crippen molar-refractivity contribution in [2.24, 2.45) is 11.3 Å². The maximum Gasteiger partial charge on any atom is 0.318 e. The third kappa shape index (κ3) is 7.41. The van der Waals surface area contributed by atoms with Gasteiger partial charge in [0.2, 0.25) is 0 Å². The van der Waals surface area contributed by atoms with Gasteiger partial charge in [-0.15, -0.1) is 10.2 Å². The van der Waals surface area contributed by atoms with Crippen LogP contribution in [0.2, 0.25) is 0 Å². The maximum atomic E-state index is 13.7. The molecule has 4 rings (SSSR count). The number of rotatable bonds is 8. The van der Waals surface area contributed by atoms with E-state index < -0.39 is 6.10 Å². The lowest BCUT2D eigenvalue weighted by atomic mass is 9.71. The number of hydrogen-bond acceptors (Lipinski definition) is 5. The fourth-order valence-corrected chi connectivity index (χ4v) is 5.59. The van der Waals surface area contributed by atoms with Crippen molar-refractivity contribution in [3.8, 4) is 0 Å². The third-order valence-electron chi connectivity index (χ3n) is 7.82. The second-order valence-electron chi connectivity index (χ2n) is 11.5. The molecular formula is C29H39BrN6O2. The standard InChI is InChI=1S/C29H39BrN6O2/c1-19(21-9-13-24(30)14-10-21)31-28(38)36(25-15-11-23(12-16-25)29(2,3)4)18-20-5-7-22(8-6-20)26(37)17-27-32-34-35-33-27/h5-10,13-14,19,23,25-26,37H,11-12,15-18H2,1-4H3,(H,31,38)(H,32,33,34,35)/t19-,23?,25?,26-/m1/s1. The summed E-state index contributed by atoms with van der Waals surface area (Å²) in [5.74, 6) is 1.14. The number of H-pyrrole nitrogens is 1. The van der Waals surface area contributed by atoms with Crippen molar-refractivity contribution in [1.82, 2.24) is 30.8 Å². The van der Waals surface area contributed by atoms with Gasteiger partial charge in [0.05, 0.1) is 12.1 Å². The van der Waals surface area contributed by atoms with Crippen LogP contribution in [0.15, 0.2) is 53.0 Å². The summed E-state index contributed by atoms with van der Waals surface area (Å²) in [4.78, 5) is 15.7. The predicted octanol–water partition coefficient (Wildman–Crippen LogP) is 6.12. The van der Waals surface area contributed by atoms with Crippen LogP contribution in [0.1, 0.15) is 88.0 Å². The third-order valence-corrected chi connectivity index (χ3v) is 8.34. The van der Waals surface area contributed by atoms with Crippen LogP contribution in [0.25, 0.3) is 0 Å². The highest BCUT2D eigenvalue weighted by Gasteiger charge is 2.34.